The average Bonchev–Trinajstić information content (AvgIpc) is 2.67. The Morgan fingerprint density at radius 2 is 1.86 bits per heavy atom. The standard InChI is InChI=1S/C16H22F3NO/c1-11(20-13-8-9-15(2,3)10-13)12-4-6-14(7-5-12)21-16(17,18)19/h4-7,11,13,20H,8-10H2,1-3H3. The molecule has 1 N–H and O–H groups in total. The number of nitrogens with one attached hydrogen (secondary N) is 1. The average molecular weight is 301 g/mol. The molecule has 2 rings (SSSR count). The molecule has 1 aromatic rings. The van der Waals surface area contributed by atoms with E-state index in [-0.39, 0.29) is 11.8 Å². The Hall–Kier alpha value is -1.23. The van der Waals surface area contributed by atoms with E-state index < -0.39 is 6.36 Å². The van der Waals surface area contributed by atoms with Gasteiger partial charge in [0, 0.05) is 12.1 Å². The first-order chi connectivity index (χ1) is 9.65. The van der Waals surface area contributed by atoms with E-state index in [0.29, 0.717) is 11.5 Å². The van der Waals surface area contributed by atoms with Gasteiger partial charge in [0.15, 0.2) is 0 Å². The molecule has 21 heavy (non-hydrogen) atoms. The fourth-order valence-electron chi connectivity index (χ4n) is 2.99. The monoisotopic (exact) mass is 301 g/mol. The first-order valence-electron chi connectivity index (χ1n) is 7.26. The van der Waals surface area contributed by atoms with Gasteiger partial charge in [0.2, 0.25) is 0 Å². The minimum atomic E-state index is -4.64. The van der Waals surface area contributed by atoms with Crippen LogP contribution in [0.1, 0.15) is 51.6 Å². The lowest BCUT2D eigenvalue weighted by molar-refractivity contribution is -0.274. The van der Waals surface area contributed by atoms with Crippen molar-refractivity contribution in [2.45, 2.75) is 58.5 Å². The molecule has 0 amide bonds. The molecular weight excluding hydrogens is 279 g/mol. The van der Waals surface area contributed by atoms with Crippen LogP contribution in [0.2, 0.25) is 0 Å². The molecule has 5 heteroatoms. The second kappa shape index (κ2) is 5.87. The largest absolute Gasteiger partial charge is 0.573 e. The molecule has 2 unspecified atom stereocenters. The minimum Gasteiger partial charge on any atom is -0.406 e. The summed E-state index contributed by atoms with van der Waals surface area (Å²) in [6, 6.07) is 6.67. The quantitative estimate of drug-likeness (QED) is 0.861. The lowest BCUT2D eigenvalue weighted by Crippen LogP contribution is -2.30. The lowest BCUT2D eigenvalue weighted by Gasteiger charge is -2.22. The van der Waals surface area contributed by atoms with Crippen LogP contribution in [0.3, 0.4) is 0 Å². The molecule has 0 aromatic heterocycles. The molecule has 2 nitrogen and oxygen atoms in total. The molecule has 1 aliphatic rings. The first-order valence-corrected chi connectivity index (χ1v) is 7.26. The smallest absolute Gasteiger partial charge is 0.406 e. The van der Waals surface area contributed by atoms with Crippen LogP contribution in [0.15, 0.2) is 24.3 Å². The van der Waals surface area contributed by atoms with Gasteiger partial charge in [0.25, 0.3) is 0 Å². The SMILES string of the molecule is CC(NC1CCC(C)(C)C1)c1ccc(OC(F)(F)F)cc1. The summed E-state index contributed by atoms with van der Waals surface area (Å²) in [7, 11) is 0. The molecular formula is C16H22F3NO. The van der Waals surface area contributed by atoms with E-state index in [1.165, 1.54) is 18.6 Å². The number of hydrogen-bond donors (Lipinski definition) is 1. The van der Waals surface area contributed by atoms with E-state index in [9.17, 15) is 13.2 Å². The number of alkyl halides is 3. The number of hydrogen-bond acceptors (Lipinski definition) is 2. The van der Waals surface area contributed by atoms with Crippen LogP contribution in [0.5, 0.6) is 5.75 Å². The van der Waals surface area contributed by atoms with Crippen LogP contribution >= 0.6 is 0 Å². The van der Waals surface area contributed by atoms with Gasteiger partial charge in [0.05, 0.1) is 0 Å². The molecule has 0 radical (unpaired) electrons. The molecule has 1 aliphatic carbocycles. The Bertz CT molecular complexity index is 467. The van der Waals surface area contributed by atoms with Crippen molar-refractivity contribution in [2.75, 3.05) is 0 Å². The topological polar surface area (TPSA) is 21.3 Å². The van der Waals surface area contributed by atoms with E-state index in [1.54, 1.807) is 12.1 Å². The number of ether oxygens (including phenoxy) is 1. The highest BCUT2D eigenvalue weighted by molar-refractivity contribution is 5.29. The van der Waals surface area contributed by atoms with Crippen molar-refractivity contribution in [1.29, 1.82) is 0 Å². The second-order valence-electron chi connectivity index (χ2n) is 6.61. The Morgan fingerprint density at radius 3 is 2.33 bits per heavy atom. The summed E-state index contributed by atoms with van der Waals surface area (Å²) in [5, 5.41) is 3.56. The van der Waals surface area contributed by atoms with Crippen LogP contribution in [0, 0.1) is 5.41 Å². The van der Waals surface area contributed by atoms with Crippen LogP contribution in [-0.4, -0.2) is 12.4 Å². The zero-order chi connectivity index (χ0) is 15.7. The lowest BCUT2D eigenvalue weighted by atomic mass is 9.91. The zero-order valence-electron chi connectivity index (χ0n) is 12.6. The third-order valence-corrected chi connectivity index (χ3v) is 4.07. The van der Waals surface area contributed by atoms with Crippen LogP contribution in [0.25, 0.3) is 0 Å². The summed E-state index contributed by atoms with van der Waals surface area (Å²) < 4.78 is 40.2. The maximum Gasteiger partial charge on any atom is 0.573 e. The second-order valence-corrected chi connectivity index (χ2v) is 6.61. The van der Waals surface area contributed by atoms with Gasteiger partial charge in [-0.15, -0.1) is 13.2 Å². The number of halogens is 3. The van der Waals surface area contributed by atoms with Crippen molar-refractivity contribution in [3.63, 3.8) is 0 Å². The molecule has 0 aliphatic heterocycles. The zero-order valence-corrected chi connectivity index (χ0v) is 12.6. The van der Waals surface area contributed by atoms with Crippen LogP contribution in [-0.2, 0) is 0 Å². The number of rotatable bonds is 4. The van der Waals surface area contributed by atoms with Crippen molar-refractivity contribution in [3.8, 4) is 5.75 Å². The fraction of sp³-hybridized carbons (Fsp3) is 0.625. The van der Waals surface area contributed by atoms with E-state index in [4.69, 9.17) is 0 Å². The maximum absolute atomic E-state index is 12.1. The Kier molecular flexibility index (Phi) is 4.51. The highest BCUT2D eigenvalue weighted by Crippen LogP contribution is 2.37. The summed E-state index contributed by atoms with van der Waals surface area (Å²) in [4.78, 5) is 0. The van der Waals surface area contributed by atoms with E-state index in [1.807, 2.05) is 6.92 Å². The van der Waals surface area contributed by atoms with E-state index in [0.717, 1.165) is 18.4 Å². The minimum absolute atomic E-state index is 0.115. The molecule has 1 saturated carbocycles. The van der Waals surface area contributed by atoms with Crippen molar-refractivity contribution >= 4 is 0 Å². The summed E-state index contributed by atoms with van der Waals surface area (Å²) >= 11 is 0. The molecule has 0 bridgehead atoms. The molecule has 0 saturated heterocycles. The highest BCUT2D eigenvalue weighted by Gasteiger charge is 2.32. The summed E-state index contributed by atoms with van der Waals surface area (Å²) in [5.41, 5.74) is 1.34. The molecule has 1 fully saturated rings. The molecule has 0 spiro atoms. The highest BCUT2D eigenvalue weighted by atomic mass is 19.4. The molecule has 1 aromatic carbocycles. The van der Waals surface area contributed by atoms with Crippen molar-refractivity contribution in [3.05, 3.63) is 29.8 Å². The van der Waals surface area contributed by atoms with Gasteiger partial charge in [-0.05, 0) is 49.3 Å². The maximum atomic E-state index is 12.1. The van der Waals surface area contributed by atoms with Gasteiger partial charge < -0.3 is 10.1 Å². The van der Waals surface area contributed by atoms with Crippen molar-refractivity contribution < 1.29 is 17.9 Å². The first kappa shape index (κ1) is 16.1. The predicted molar refractivity (Wildman–Crippen MR) is 76.1 cm³/mol. The Balaban J connectivity index is 1.92. The summed E-state index contributed by atoms with van der Waals surface area (Å²) in [6.07, 6.45) is -1.16. The van der Waals surface area contributed by atoms with Crippen molar-refractivity contribution in [1.82, 2.24) is 5.32 Å². The van der Waals surface area contributed by atoms with E-state index in [2.05, 4.69) is 23.9 Å². The molecule has 2 atom stereocenters. The molecule has 0 heterocycles. The van der Waals surface area contributed by atoms with Gasteiger partial charge in [-0.25, -0.2) is 0 Å². The predicted octanol–water partition coefficient (Wildman–Crippen LogP) is 4.81. The van der Waals surface area contributed by atoms with Crippen molar-refractivity contribution in [2.24, 2.45) is 5.41 Å². The van der Waals surface area contributed by atoms with Crippen LogP contribution in [0.4, 0.5) is 13.2 Å². The third-order valence-electron chi connectivity index (χ3n) is 4.07. The van der Waals surface area contributed by atoms with Gasteiger partial charge in [0.1, 0.15) is 5.75 Å². The van der Waals surface area contributed by atoms with Gasteiger partial charge >= 0.3 is 6.36 Å². The third kappa shape index (κ3) is 4.92. The number of benzene rings is 1. The van der Waals surface area contributed by atoms with Gasteiger partial charge in [-0.1, -0.05) is 26.0 Å². The Morgan fingerprint density at radius 1 is 1.24 bits per heavy atom. The van der Waals surface area contributed by atoms with Crippen LogP contribution < -0.4 is 10.1 Å². The van der Waals surface area contributed by atoms with Gasteiger partial charge in [-0.2, -0.15) is 0 Å². The van der Waals surface area contributed by atoms with Gasteiger partial charge in [-0.3, -0.25) is 0 Å². The normalized spacial score (nSPS) is 23.0. The fourth-order valence-corrected chi connectivity index (χ4v) is 2.99. The summed E-state index contributed by atoms with van der Waals surface area (Å²) in [6.45, 7) is 6.57. The Labute approximate surface area is 123 Å². The van der Waals surface area contributed by atoms with E-state index >= 15 is 0 Å². The molecule has 118 valence electrons. The summed E-state index contributed by atoms with van der Waals surface area (Å²) in [5.74, 6) is -0.180.